The molecule has 0 radical (unpaired) electrons. The Kier molecular flexibility index (Phi) is 4.95. The lowest BCUT2D eigenvalue weighted by Gasteiger charge is -2.16. The standard InChI is InChI=1S/C16H19F2N5/c17-12-8-5-9-13(18)15(12)22-16-21-14(10-19-23-16)20-11-6-3-1-2-4-7-11/h5,8-11H,1-4,6-7H2,(H2,20,21,22,23). The van der Waals surface area contributed by atoms with Crippen molar-refractivity contribution < 1.29 is 8.78 Å². The third-order valence-electron chi connectivity index (χ3n) is 3.97. The predicted molar refractivity (Wildman–Crippen MR) is 84.6 cm³/mol. The van der Waals surface area contributed by atoms with E-state index in [1.54, 1.807) is 0 Å². The first-order chi connectivity index (χ1) is 11.2. The first kappa shape index (κ1) is 15.6. The van der Waals surface area contributed by atoms with E-state index in [1.807, 2.05) is 0 Å². The fourth-order valence-corrected chi connectivity index (χ4v) is 2.79. The van der Waals surface area contributed by atoms with E-state index in [0.717, 1.165) is 12.8 Å². The van der Waals surface area contributed by atoms with E-state index in [2.05, 4.69) is 25.8 Å². The normalized spacial score (nSPS) is 15.9. The number of nitrogens with zero attached hydrogens (tertiary/aromatic N) is 3. The largest absolute Gasteiger partial charge is 0.366 e. The molecule has 0 atom stereocenters. The van der Waals surface area contributed by atoms with Crippen LogP contribution in [0.15, 0.2) is 24.4 Å². The molecule has 1 aromatic heterocycles. The minimum atomic E-state index is -0.698. The Labute approximate surface area is 133 Å². The molecule has 2 aromatic rings. The lowest BCUT2D eigenvalue weighted by atomic mass is 10.1. The van der Waals surface area contributed by atoms with Gasteiger partial charge < -0.3 is 10.6 Å². The van der Waals surface area contributed by atoms with Gasteiger partial charge in [-0.15, -0.1) is 5.10 Å². The fourth-order valence-electron chi connectivity index (χ4n) is 2.79. The number of hydrogen-bond donors (Lipinski definition) is 2. The molecule has 1 aliphatic carbocycles. The Hall–Kier alpha value is -2.31. The first-order valence-electron chi connectivity index (χ1n) is 7.89. The molecule has 0 unspecified atom stereocenters. The van der Waals surface area contributed by atoms with E-state index in [4.69, 9.17) is 0 Å². The van der Waals surface area contributed by atoms with Gasteiger partial charge in [0.05, 0.1) is 6.20 Å². The third kappa shape index (κ3) is 4.12. The molecule has 5 nitrogen and oxygen atoms in total. The number of benzene rings is 1. The molecular weight excluding hydrogens is 300 g/mol. The van der Waals surface area contributed by atoms with Gasteiger partial charge in [0.1, 0.15) is 17.3 Å². The summed E-state index contributed by atoms with van der Waals surface area (Å²) in [7, 11) is 0. The molecule has 23 heavy (non-hydrogen) atoms. The average molecular weight is 319 g/mol. The maximum absolute atomic E-state index is 13.7. The van der Waals surface area contributed by atoms with Crippen LogP contribution in [0, 0.1) is 11.6 Å². The molecule has 1 saturated carbocycles. The van der Waals surface area contributed by atoms with Crippen molar-refractivity contribution in [3.63, 3.8) is 0 Å². The lowest BCUT2D eigenvalue weighted by Crippen LogP contribution is -2.19. The highest BCUT2D eigenvalue weighted by atomic mass is 19.1. The summed E-state index contributed by atoms with van der Waals surface area (Å²) in [5, 5.41) is 13.5. The van der Waals surface area contributed by atoms with Gasteiger partial charge in [0.25, 0.3) is 0 Å². The highest BCUT2D eigenvalue weighted by molar-refractivity contribution is 5.55. The number of rotatable bonds is 4. The molecule has 0 bridgehead atoms. The number of hydrogen-bond acceptors (Lipinski definition) is 5. The van der Waals surface area contributed by atoms with Crippen molar-refractivity contribution in [1.29, 1.82) is 0 Å². The van der Waals surface area contributed by atoms with Gasteiger partial charge in [-0.25, -0.2) is 8.78 Å². The molecule has 0 amide bonds. The van der Waals surface area contributed by atoms with Crippen LogP contribution in [0.1, 0.15) is 38.5 Å². The summed E-state index contributed by atoms with van der Waals surface area (Å²) in [6.07, 6.45) is 8.62. The second kappa shape index (κ2) is 7.30. The van der Waals surface area contributed by atoms with Gasteiger partial charge in [0, 0.05) is 6.04 Å². The summed E-state index contributed by atoms with van der Waals surface area (Å²) in [6, 6.07) is 4.00. The molecule has 1 heterocycles. The monoisotopic (exact) mass is 319 g/mol. The van der Waals surface area contributed by atoms with Crippen LogP contribution in [-0.2, 0) is 0 Å². The molecule has 2 N–H and O–H groups in total. The van der Waals surface area contributed by atoms with Crippen LogP contribution in [0.4, 0.5) is 26.2 Å². The van der Waals surface area contributed by atoms with E-state index in [-0.39, 0.29) is 11.6 Å². The minimum absolute atomic E-state index is 0.0626. The van der Waals surface area contributed by atoms with Crippen LogP contribution in [0.3, 0.4) is 0 Å². The van der Waals surface area contributed by atoms with Gasteiger partial charge in [-0.05, 0) is 25.0 Å². The Balaban J connectivity index is 1.72. The van der Waals surface area contributed by atoms with Crippen molar-refractivity contribution in [1.82, 2.24) is 15.2 Å². The zero-order chi connectivity index (χ0) is 16.1. The SMILES string of the molecule is Fc1cccc(F)c1Nc1nncc(NC2CCCCCC2)n1. The van der Waals surface area contributed by atoms with E-state index < -0.39 is 11.6 Å². The van der Waals surface area contributed by atoms with Crippen LogP contribution in [0.25, 0.3) is 0 Å². The number of anilines is 3. The number of halogens is 2. The number of nitrogens with one attached hydrogen (secondary N) is 2. The topological polar surface area (TPSA) is 62.7 Å². The number of aromatic nitrogens is 3. The average Bonchev–Trinajstić information content (AvgIpc) is 2.80. The van der Waals surface area contributed by atoms with E-state index in [9.17, 15) is 8.78 Å². The maximum atomic E-state index is 13.7. The molecule has 122 valence electrons. The Morgan fingerprint density at radius 2 is 1.70 bits per heavy atom. The van der Waals surface area contributed by atoms with Gasteiger partial charge in [0.15, 0.2) is 5.82 Å². The van der Waals surface area contributed by atoms with Gasteiger partial charge in [-0.1, -0.05) is 31.7 Å². The van der Waals surface area contributed by atoms with E-state index >= 15 is 0 Å². The van der Waals surface area contributed by atoms with E-state index in [1.165, 1.54) is 50.1 Å². The summed E-state index contributed by atoms with van der Waals surface area (Å²) in [6.45, 7) is 0. The molecular formula is C16H19F2N5. The van der Waals surface area contributed by atoms with Crippen molar-refractivity contribution in [2.75, 3.05) is 10.6 Å². The highest BCUT2D eigenvalue weighted by Gasteiger charge is 2.14. The Morgan fingerprint density at radius 3 is 2.39 bits per heavy atom. The third-order valence-corrected chi connectivity index (χ3v) is 3.97. The van der Waals surface area contributed by atoms with Crippen LogP contribution < -0.4 is 10.6 Å². The second-order valence-electron chi connectivity index (χ2n) is 5.72. The summed E-state index contributed by atoms with van der Waals surface area (Å²) in [4.78, 5) is 4.25. The molecule has 1 fully saturated rings. The summed E-state index contributed by atoms with van der Waals surface area (Å²) in [5.74, 6) is -0.773. The van der Waals surface area contributed by atoms with Gasteiger partial charge in [0.2, 0.25) is 5.95 Å². The van der Waals surface area contributed by atoms with Crippen LogP contribution in [-0.4, -0.2) is 21.2 Å². The van der Waals surface area contributed by atoms with Crippen LogP contribution >= 0.6 is 0 Å². The van der Waals surface area contributed by atoms with Crippen molar-refractivity contribution >= 4 is 17.5 Å². The van der Waals surface area contributed by atoms with Gasteiger partial charge in [-0.2, -0.15) is 10.1 Å². The minimum Gasteiger partial charge on any atom is -0.366 e. The van der Waals surface area contributed by atoms with Crippen molar-refractivity contribution in [2.45, 2.75) is 44.6 Å². The Morgan fingerprint density at radius 1 is 1.00 bits per heavy atom. The summed E-state index contributed by atoms with van der Waals surface area (Å²) in [5.41, 5.74) is -0.277. The van der Waals surface area contributed by atoms with Crippen molar-refractivity contribution in [3.8, 4) is 0 Å². The van der Waals surface area contributed by atoms with Crippen LogP contribution in [0.5, 0.6) is 0 Å². The molecule has 7 heteroatoms. The van der Waals surface area contributed by atoms with Crippen LogP contribution in [0.2, 0.25) is 0 Å². The second-order valence-corrected chi connectivity index (χ2v) is 5.72. The molecule has 1 aliphatic rings. The van der Waals surface area contributed by atoms with Gasteiger partial charge >= 0.3 is 0 Å². The van der Waals surface area contributed by atoms with Crippen molar-refractivity contribution in [2.24, 2.45) is 0 Å². The molecule has 0 aliphatic heterocycles. The Bertz CT molecular complexity index is 636. The van der Waals surface area contributed by atoms with E-state index in [0.29, 0.717) is 11.9 Å². The highest BCUT2D eigenvalue weighted by Crippen LogP contribution is 2.23. The molecule has 0 saturated heterocycles. The van der Waals surface area contributed by atoms with Crippen molar-refractivity contribution in [3.05, 3.63) is 36.0 Å². The summed E-state index contributed by atoms with van der Waals surface area (Å²) < 4.78 is 27.3. The summed E-state index contributed by atoms with van der Waals surface area (Å²) >= 11 is 0. The quantitative estimate of drug-likeness (QED) is 0.833. The lowest BCUT2D eigenvalue weighted by molar-refractivity contribution is 0.590. The molecule has 0 spiro atoms. The first-order valence-corrected chi connectivity index (χ1v) is 7.89. The predicted octanol–water partition coefficient (Wildman–Crippen LogP) is 4.03. The zero-order valence-corrected chi connectivity index (χ0v) is 12.7. The molecule has 1 aromatic carbocycles. The maximum Gasteiger partial charge on any atom is 0.249 e. The number of para-hydroxylation sites is 1. The molecule has 3 rings (SSSR count). The zero-order valence-electron chi connectivity index (χ0n) is 12.7. The van der Waals surface area contributed by atoms with Gasteiger partial charge in [-0.3, -0.25) is 0 Å². The fraction of sp³-hybridized carbons (Fsp3) is 0.438. The smallest absolute Gasteiger partial charge is 0.249 e.